The Morgan fingerprint density at radius 3 is 1.71 bits per heavy atom. The number of nitrogens with zero attached hydrogens (tertiary/aromatic N) is 2. The predicted octanol–water partition coefficient (Wildman–Crippen LogP) is 15.0. The smallest absolute Gasteiger partial charge is 0.0782 e. The van der Waals surface area contributed by atoms with Gasteiger partial charge in [0.15, 0.2) is 0 Å². The third-order valence-electron chi connectivity index (χ3n) is 11.4. The molecule has 1 heterocycles. The molecule has 11 aromatic rings. The second-order valence-electron chi connectivity index (χ2n) is 14.5. The summed E-state index contributed by atoms with van der Waals surface area (Å²) in [6, 6.07) is 79.6. The maximum atomic E-state index is 2.50. The molecule has 0 fully saturated rings. The van der Waals surface area contributed by atoms with Crippen LogP contribution in [0.4, 0.5) is 17.1 Å². The second kappa shape index (κ2) is 13.2. The van der Waals surface area contributed by atoms with Crippen molar-refractivity contribution in [3.63, 3.8) is 0 Å². The molecule has 56 heavy (non-hydrogen) atoms. The molecule has 0 N–H and O–H groups in total. The molecular formula is C54H36N2. The summed E-state index contributed by atoms with van der Waals surface area (Å²) in [6.45, 7) is 0. The predicted molar refractivity (Wildman–Crippen MR) is 239 cm³/mol. The van der Waals surface area contributed by atoms with Crippen molar-refractivity contribution in [2.45, 2.75) is 0 Å². The SMILES string of the molecule is c1ccc(-c2ccccc2-c2ccccc2N(c2ccc3ccc4c5ccccc5ccc4c3c2)c2cccc3c4ccccc4n(-c4ccccc4)c23)cc1. The average Bonchev–Trinajstić information content (AvgIpc) is 3.62. The summed E-state index contributed by atoms with van der Waals surface area (Å²) in [5.41, 5.74) is 11.5. The van der Waals surface area contributed by atoms with Crippen LogP contribution in [0.3, 0.4) is 0 Å². The second-order valence-corrected chi connectivity index (χ2v) is 14.5. The Morgan fingerprint density at radius 2 is 0.893 bits per heavy atom. The zero-order valence-electron chi connectivity index (χ0n) is 30.7. The minimum absolute atomic E-state index is 1.10. The first-order valence-corrected chi connectivity index (χ1v) is 19.3. The van der Waals surface area contributed by atoms with Gasteiger partial charge in [-0.2, -0.15) is 0 Å². The van der Waals surface area contributed by atoms with Gasteiger partial charge in [0.05, 0.1) is 22.4 Å². The molecule has 0 saturated heterocycles. The number of hydrogen-bond acceptors (Lipinski definition) is 1. The Kier molecular flexibility index (Phi) is 7.53. The quantitative estimate of drug-likeness (QED) is 0.156. The highest BCUT2D eigenvalue weighted by molar-refractivity contribution is 6.19. The number of benzene rings is 10. The molecule has 0 atom stereocenters. The molecule has 0 amide bonds. The largest absolute Gasteiger partial charge is 0.308 e. The lowest BCUT2D eigenvalue weighted by atomic mass is 9.92. The van der Waals surface area contributed by atoms with Crippen LogP contribution < -0.4 is 4.90 Å². The van der Waals surface area contributed by atoms with Crippen LogP contribution in [0.5, 0.6) is 0 Å². The molecule has 11 rings (SSSR count). The maximum absolute atomic E-state index is 2.50. The summed E-state index contributed by atoms with van der Waals surface area (Å²) in [5.74, 6) is 0. The first-order chi connectivity index (χ1) is 27.8. The van der Waals surface area contributed by atoms with Gasteiger partial charge in [-0.25, -0.2) is 0 Å². The molecule has 0 saturated carbocycles. The lowest BCUT2D eigenvalue weighted by Gasteiger charge is -2.30. The minimum atomic E-state index is 1.10. The fourth-order valence-electron chi connectivity index (χ4n) is 8.86. The maximum Gasteiger partial charge on any atom is 0.0782 e. The molecule has 0 spiro atoms. The van der Waals surface area contributed by atoms with Gasteiger partial charge in [-0.05, 0) is 91.5 Å². The van der Waals surface area contributed by atoms with Gasteiger partial charge in [0, 0.05) is 27.7 Å². The van der Waals surface area contributed by atoms with Crippen molar-refractivity contribution >= 4 is 71.2 Å². The molecule has 2 nitrogen and oxygen atoms in total. The summed E-state index contributed by atoms with van der Waals surface area (Å²) in [5, 5.41) is 9.94. The number of rotatable bonds is 6. The third-order valence-corrected chi connectivity index (χ3v) is 11.4. The van der Waals surface area contributed by atoms with Crippen molar-refractivity contribution in [1.29, 1.82) is 0 Å². The standard InChI is InChI=1S/C54H36N2/c1-3-16-37(17-4-1)42-22-9-10-23-44(42)47-24-11-13-27-51(47)55(41-33-30-39-32-34-45-43-21-8-7-18-38(43)31-35-46(45)50(39)36-41)53-29-15-26-49-48-25-12-14-28-52(48)56(54(49)53)40-19-5-2-6-20-40/h1-36H. The van der Waals surface area contributed by atoms with Gasteiger partial charge >= 0.3 is 0 Å². The molecule has 0 bridgehead atoms. The van der Waals surface area contributed by atoms with Crippen molar-refractivity contribution in [3.8, 4) is 27.9 Å². The van der Waals surface area contributed by atoms with Gasteiger partial charge in [0.2, 0.25) is 0 Å². The van der Waals surface area contributed by atoms with Gasteiger partial charge in [0.25, 0.3) is 0 Å². The van der Waals surface area contributed by atoms with E-state index >= 15 is 0 Å². The van der Waals surface area contributed by atoms with E-state index < -0.39 is 0 Å². The van der Waals surface area contributed by atoms with Crippen molar-refractivity contribution in [2.75, 3.05) is 4.90 Å². The van der Waals surface area contributed by atoms with Crippen LogP contribution >= 0.6 is 0 Å². The molecule has 0 radical (unpaired) electrons. The zero-order valence-corrected chi connectivity index (χ0v) is 30.7. The number of aromatic nitrogens is 1. The van der Waals surface area contributed by atoms with Crippen molar-refractivity contribution in [3.05, 3.63) is 218 Å². The highest BCUT2D eigenvalue weighted by Crippen LogP contribution is 2.48. The number of fused-ring (bicyclic) bond motifs is 8. The molecular weight excluding hydrogens is 677 g/mol. The van der Waals surface area contributed by atoms with Crippen molar-refractivity contribution < 1.29 is 0 Å². The molecule has 1 aromatic heterocycles. The zero-order chi connectivity index (χ0) is 37.0. The van der Waals surface area contributed by atoms with E-state index in [1.807, 2.05) is 0 Å². The molecule has 10 aromatic carbocycles. The first-order valence-electron chi connectivity index (χ1n) is 19.3. The molecule has 0 unspecified atom stereocenters. The van der Waals surface area contributed by atoms with Crippen LogP contribution in [0, 0.1) is 0 Å². The normalized spacial score (nSPS) is 11.6. The van der Waals surface area contributed by atoms with Crippen molar-refractivity contribution in [1.82, 2.24) is 4.57 Å². The van der Waals surface area contributed by atoms with E-state index in [4.69, 9.17) is 0 Å². The van der Waals surface area contributed by atoms with Gasteiger partial charge in [-0.1, -0.05) is 176 Å². The summed E-state index contributed by atoms with van der Waals surface area (Å²) in [4.78, 5) is 2.50. The van der Waals surface area contributed by atoms with Crippen LogP contribution in [0.25, 0.3) is 82.1 Å². The van der Waals surface area contributed by atoms with E-state index in [1.165, 1.54) is 65.3 Å². The Balaban J connectivity index is 1.25. The van der Waals surface area contributed by atoms with Crippen LogP contribution in [0.1, 0.15) is 0 Å². The van der Waals surface area contributed by atoms with E-state index in [0.29, 0.717) is 0 Å². The van der Waals surface area contributed by atoms with Crippen LogP contribution in [0.2, 0.25) is 0 Å². The Labute approximate surface area is 325 Å². The summed E-state index contributed by atoms with van der Waals surface area (Å²) in [6.07, 6.45) is 0. The first kappa shape index (κ1) is 32.0. The van der Waals surface area contributed by atoms with E-state index in [-0.39, 0.29) is 0 Å². The summed E-state index contributed by atoms with van der Waals surface area (Å²) in [7, 11) is 0. The average molecular weight is 713 g/mol. The number of hydrogen-bond donors (Lipinski definition) is 0. The molecule has 2 heteroatoms. The highest BCUT2D eigenvalue weighted by atomic mass is 15.2. The summed E-state index contributed by atoms with van der Waals surface area (Å²) < 4.78 is 2.44. The Morgan fingerprint density at radius 1 is 0.321 bits per heavy atom. The fourth-order valence-corrected chi connectivity index (χ4v) is 8.86. The Hall–Kier alpha value is -7.42. The van der Waals surface area contributed by atoms with E-state index in [0.717, 1.165) is 33.8 Å². The third kappa shape index (κ3) is 5.11. The molecule has 0 aliphatic carbocycles. The number of anilines is 3. The van der Waals surface area contributed by atoms with E-state index in [1.54, 1.807) is 0 Å². The summed E-state index contributed by atoms with van der Waals surface area (Å²) >= 11 is 0. The van der Waals surface area contributed by atoms with Crippen LogP contribution in [0.15, 0.2) is 218 Å². The van der Waals surface area contributed by atoms with E-state index in [2.05, 4.69) is 228 Å². The minimum Gasteiger partial charge on any atom is -0.308 e. The molecule has 0 aliphatic rings. The lowest BCUT2D eigenvalue weighted by Crippen LogP contribution is -2.13. The van der Waals surface area contributed by atoms with Crippen LogP contribution in [-0.2, 0) is 0 Å². The van der Waals surface area contributed by atoms with Gasteiger partial charge < -0.3 is 9.47 Å². The van der Waals surface area contributed by atoms with E-state index in [9.17, 15) is 0 Å². The molecule has 0 aliphatic heterocycles. The number of para-hydroxylation sites is 4. The lowest BCUT2D eigenvalue weighted by molar-refractivity contribution is 1.17. The monoisotopic (exact) mass is 712 g/mol. The van der Waals surface area contributed by atoms with Gasteiger partial charge in [0.1, 0.15) is 0 Å². The topological polar surface area (TPSA) is 8.17 Å². The van der Waals surface area contributed by atoms with Crippen molar-refractivity contribution in [2.24, 2.45) is 0 Å². The van der Waals surface area contributed by atoms with Gasteiger partial charge in [-0.15, -0.1) is 0 Å². The van der Waals surface area contributed by atoms with Crippen LogP contribution in [-0.4, -0.2) is 4.57 Å². The molecule has 262 valence electrons. The fraction of sp³-hybridized carbons (Fsp3) is 0. The van der Waals surface area contributed by atoms with Gasteiger partial charge in [-0.3, -0.25) is 0 Å². The Bertz CT molecular complexity index is 3250. The highest BCUT2D eigenvalue weighted by Gasteiger charge is 2.24.